The molecule has 0 aliphatic carbocycles. The van der Waals surface area contributed by atoms with Gasteiger partial charge in [0.25, 0.3) is 0 Å². The van der Waals surface area contributed by atoms with Gasteiger partial charge in [0.15, 0.2) is 5.79 Å². The number of aromatic nitrogens is 2. The van der Waals surface area contributed by atoms with Crippen molar-refractivity contribution in [1.82, 2.24) is 15.1 Å². The molecule has 3 rings (SSSR count). The molecule has 23 heavy (non-hydrogen) atoms. The highest BCUT2D eigenvalue weighted by Crippen LogP contribution is 2.21. The molecule has 0 radical (unpaired) electrons. The van der Waals surface area contributed by atoms with Crippen LogP contribution in [-0.4, -0.2) is 41.2 Å². The molecular weight excluding hydrogens is 294 g/mol. The summed E-state index contributed by atoms with van der Waals surface area (Å²) in [4.78, 5) is 12.0. The predicted molar refractivity (Wildman–Crippen MR) is 85.2 cm³/mol. The monoisotopic (exact) mass is 315 g/mol. The molecular formula is C17H21N3O3. The molecule has 6 nitrogen and oxygen atoms in total. The molecule has 122 valence electrons. The van der Waals surface area contributed by atoms with Crippen LogP contribution < -0.4 is 5.32 Å². The SMILES string of the molecule is CC1(CCNC(=O)Cc2cnn(-c3ccccc3)c2)OCCO1. The molecule has 0 spiro atoms. The number of nitrogens with zero attached hydrogens (tertiary/aromatic N) is 2. The van der Waals surface area contributed by atoms with Crippen molar-refractivity contribution in [2.75, 3.05) is 19.8 Å². The topological polar surface area (TPSA) is 65.4 Å². The van der Waals surface area contributed by atoms with Gasteiger partial charge in [-0.15, -0.1) is 0 Å². The van der Waals surface area contributed by atoms with Crippen LogP contribution in [0, 0.1) is 0 Å². The van der Waals surface area contributed by atoms with Gasteiger partial charge in [-0.25, -0.2) is 4.68 Å². The summed E-state index contributed by atoms with van der Waals surface area (Å²) in [5.41, 5.74) is 1.86. The van der Waals surface area contributed by atoms with Crippen molar-refractivity contribution in [1.29, 1.82) is 0 Å². The maximum absolute atomic E-state index is 12.0. The summed E-state index contributed by atoms with van der Waals surface area (Å²) in [5, 5.41) is 7.19. The van der Waals surface area contributed by atoms with E-state index in [0.29, 0.717) is 32.6 Å². The smallest absolute Gasteiger partial charge is 0.224 e. The quantitative estimate of drug-likeness (QED) is 0.881. The van der Waals surface area contributed by atoms with Crippen LogP contribution in [0.1, 0.15) is 18.9 Å². The summed E-state index contributed by atoms with van der Waals surface area (Å²) in [6, 6.07) is 9.81. The normalized spacial score (nSPS) is 16.4. The Bertz CT molecular complexity index is 648. The third-order valence-corrected chi connectivity index (χ3v) is 3.82. The van der Waals surface area contributed by atoms with E-state index < -0.39 is 5.79 Å². The molecule has 1 fully saturated rings. The first-order chi connectivity index (χ1) is 11.1. The van der Waals surface area contributed by atoms with Gasteiger partial charge in [0.2, 0.25) is 5.91 Å². The van der Waals surface area contributed by atoms with Crippen molar-refractivity contribution in [3.8, 4) is 5.69 Å². The van der Waals surface area contributed by atoms with E-state index in [0.717, 1.165) is 11.3 Å². The van der Waals surface area contributed by atoms with E-state index in [1.807, 2.05) is 43.5 Å². The second-order valence-corrected chi connectivity index (χ2v) is 5.74. The second kappa shape index (κ2) is 6.93. The lowest BCUT2D eigenvalue weighted by molar-refractivity contribution is -0.146. The highest BCUT2D eigenvalue weighted by atomic mass is 16.7. The number of hydrogen-bond donors (Lipinski definition) is 1. The maximum atomic E-state index is 12.0. The second-order valence-electron chi connectivity index (χ2n) is 5.74. The fourth-order valence-corrected chi connectivity index (χ4v) is 2.55. The van der Waals surface area contributed by atoms with Crippen LogP contribution in [0.2, 0.25) is 0 Å². The molecule has 1 aromatic carbocycles. The molecule has 1 aromatic heterocycles. The average Bonchev–Trinajstić information content (AvgIpc) is 3.18. The largest absolute Gasteiger partial charge is 0.356 e. The molecule has 2 aromatic rings. The number of carbonyl (C=O) groups excluding carboxylic acids is 1. The summed E-state index contributed by atoms with van der Waals surface area (Å²) in [6.07, 6.45) is 4.55. The Morgan fingerprint density at radius 2 is 2.04 bits per heavy atom. The lowest BCUT2D eigenvalue weighted by atomic mass is 10.2. The highest BCUT2D eigenvalue weighted by molar-refractivity contribution is 5.78. The Morgan fingerprint density at radius 1 is 1.30 bits per heavy atom. The van der Waals surface area contributed by atoms with Gasteiger partial charge in [-0.3, -0.25) is 4.79 Å². The molecule has 0 saturated carbocycles. The number of ether oxygens (including phenoxy) is 2. The van der Waals surface area contributed by atoms with Crippen molar-refractivity contribution in [3.63, 3.8) is 0 Å². The lowest BCUT2D eigenvalue weighted by Crippen LogP contribution is -2.34. The summed E-state index contributed by atoms with van der Waals surface area (Å²) < 4.78 is 12.8. The van der Waals surface area contributed by atoms with Gasteiger partial charge in [-0.05, 0) is 24.6 Å². The van der Waals surface area contributed by atoms with Gasteiger partial charge in [0.1, 0.15) is 0 Å². The number of nitrogens with one attached hydrogen (secondary N) is 1. The summed E-state index contributed by atoms with van der Waals surface area (Å²) in [6.45, 7) is 3.66. The van der Waals surface area contributed by atoms with Crippen LogP contribution in [0.4, 0.5) is 0 Å². The number of benzene rings is 1. The minimum Gasteiger partial charge on any atom is -0.356 e. The van der Waals surface area contributed by atoms with E-state index in [1.165, 1.54) is 0 Å². The van der Waals surface area contributed by atoms with E-state index in [4.69, 9.17) is 9.47 Å². The molecule has 1 aliphatic rings. The fourth-order valence-electron chi connectivity index (χ4n) is 2.55. The van der Waals surface area contributed by atoms with Crippen LogP contribution in [0.15, 0.2) is 42.7 Å². The van der Waals surface area contributed by atoms with E-state index in [1.54, 1.807) is 10.9 Å². The molecule has 0 unspecified atom stereocenters. The first-order valence-corrected chi connectivity index (χ1v) is 7.78. The van der Waals surface area contributed by atoms with Gasteiger partial charge < -0.3 is 14.8 Å². The van der Waals surface area contributed by atoms with Gasteiger partial charge in [0.05, 0.1) is 31.5 Å². The lowest BCUT2D eigenvalue weighted by Gasteiger charge is -2.22. The van der Waals surface area contributed by atoms with Crippen LogP contribution >= 0.6 is 0 Å². The van der Waals surface area contributed by atoms with Crippen molar-refractivity contribution in [2.45, 2.75) is 25.6 Å². The third-order valence-electron chi connectivity index (χ3n) is 3.82. The highest BCUT2D eigenvalue weighted by Gasteiger charge is 2.30. The zero-order valence-electron chi connectivity index (χ0n) is 13.2. The summed E-state index contributed by atoms with van der Waals surface area (Å²) in [7, 11) is 0. The first kappa shape index (κ1) is 15.7. The summed E-state index contributed by atoms with van der Waals surface area (Å²) in [5.74, 6) is -0.593. The van der Waals surface area contributed by atoms with Crippen LogP contribution in [0.25, 0.3) is 5.69 Å². The number of rotatable bonds is 6. The van der Waals surface area contributed by atoms with Crippen molar-refractivity contribution < 1.29 is 14.3 Å². The van der Waals surface area contributed by atoms with Crippen LogP contribution in [0.5, 0.6) is 0 Å². The van der Waals surface area contributed by atoms with Gasteiger partial charge in [-0.1, -0.05) is 18.2 Å². The number of para-hydroxylation sites is 1. The third kappa shape index (κ3) is 4.18. The van der Waals surface area contributed by atoms with Crippen LogP contribution in [-0.2, 0) is 20.7 Å². The zero-order chi connectivity index (χ0) is 16.1. The van der Waals surface area contributed by atoms with E-state index in [-0.39, 0.29) is 5.91 Å². The molecule has 6 heteroatoms. The Balaban J connectivity index is 1.48. The van der Waals surface area contributed by atoms with Gasteiger partial charge in [0, 0.05) is 19.2 Å². The van der Waals surface area contributed by atoms with Crippen molar-refractivity contribution in [2.24, 2.45) is 0 Å². The fraction of sp³-hybridized carbons (Fsp3) is 0.412. The minimum absolute atomic E-state index is 0.0285. The molecule has 0 bridgehead atoms. The van der Waals surface area contributed by atoms with Crippen molar-refractivity contribution in [3.05, 3.63) is 48.3 Å². The summed E-state index contributed by atoms with van der Waals surface area (Å²) >= 11 is 0. The van der Waals surface area contributed by atoms with Gasteiger partial charge in [-0.2, -0.15) is 5.10 Å². The van der Waals surface area contributed by atoms with E-state index in [9.17, 15) is 4.79 Å². The zero-order valence-corrected chi connectivity index (χ0v) is 13.2. The molecule has 2 heterocycles. The van der Waals surface area contributed by atoms with Gasteiger partial charge >= 0.3 is 0 Å². The number of hydrogen-bond acceptors (Lipinski definition) is 4. The predicted octanol–water partition coefficient (Wildman–Crippen LogP) is 1.68. The van der Waals surface area contributed by atoms with Crippen LogP contribution in [0.3, 0.4) is 0 Å². The van der Waals surface area contributed by atoms with Crippen molar-refractivity contribution >= 4 is 5.91 Å². The van der Waals surface area contributed by atoms with E-state index in [2.05, 4.69) is 10.4 Å². The molecule has 1 aliphatic heterocycles. The Kier molecular flexibility index (Phi) is 4.73. The molecule has 1 N–H and O–H groups in total. The average molecular weight is 315 g/mol. The molecule has 1 saturated heterocycles. The Labute approximate surface area is 135 Å². The standard InChI is InChI=1S/C17H21N3O3/c1-17(22-9-10-23-17)7-8-18-16(21)11-14-12-19-20(13-14)15-5-3-2-4-6-15/h2-6,12-13H,7-11H2,1H3,(H,18,21). The minimum atomic E-state index is -0.564. The molecule has 0 atom stereocenters. The Hall–Kier alpha value is -2.18. The number of carbonyl (C=O) groups is 1. The molecule has 1 amide bonds. The number of amides is 1. The first-order valence-electron chi connectivity index (χ1n) is 7.78. The maximum Gasteiger partial charge on any atom is 0.224 e. The van der Waals surface area contributed by atoms with E-state index >= 15 is 0 Å². The Morgan fingerprint density at radius 3 is 2.78 bits per heavy atom.